The maximum absolute atomic E-state index is 13.4. The SMILES string of the molecule is O=C(O)Cc1ccc(-c2ccccc2F)s1. The third kappa shape index (κ3) is 2.28. The Morgan fingerprint density at radius 3 is 2.69 bits per heavy atom. The monoisotopic (exact) mass is 236 g/mol. The lowest BCUT2D eigenvalue weighted by Crippen LogP contribution is -1.96. The summed E-state index contributed by atoms with van der Waals surface area (Å²) in [5.74, 6) is -1.16. The minimum absolute atomic E-state index is 0.0148. The van der Waals surface area contributed by atoms with Crippen molar-refractivity contribution in [2.45, 2.75) is 6.42 Å². The first kappa shape index (κ1) is 10.8. The third-order valence-electron chi connectivity index (χ3n) is 2.13. The van der Waals surface area contributed by atoms with Gasteiger partial charge in [0, 0.05) is 15.3 Å². The molecule has 0 bridgehead atoms. The molecule has 4 heteroatoms. The number of rotatable bonds is 3. The first-order valence-corrected chi connectivity index (χ1v) is 5.54. The van der Waals surface area contributed by atoms with Crippen LogP contribution in [0.25, 0.3) is 10.4 Å². The Labute approximate surface area is 96.0 Å². The zero-order valence-electron chi connectivity index (χ0n) is 8.31. The summed E-state index contributed by atoms with van der Waals surface area (Å²) in [5, 5.41) is 8.63. The van der Waals surface area contributed by atoms with Crippen LogP contribution in [0, 0.1) is 5.82 Å². The molecule has 0 spiro atoms. The summed E-state index contributed by atoms with van der Waals surface area (Å²) in [6.07, 6.45) is -0.0148. The molecule has 82 valence electrons. The molecular formula is C12H9FO2S. The van der Waals surface area contributed by atoms with Gasteiger partial charge in [-0.15, -0.1) is 11.3 Å². The van der Waals surface area contributed by atoms with Gasteiger partial charge >= 0.3 is 5.97 Å². The van der Waals surface area contributed by atoms with Crippen molar-refractivity contribution < 1.29 is 14.3 Å². The van der Waals surface area contributed by atoms with Crippen LogP contribution >= 0.6 is 11.3 Å². The van der Waals surface area contributed by atoms with E-state index in [4.69, 9.17) is 5.11 Å². The summed E-state index contributed by atoms with van der Waals surface area (Å²) in [7, 11) is 0. The van der Waals surface area contributed by atoms with Gasteiger partial charge in [0.05, 0.1) is 6.42 Å². The molecule has 16 heavy (non-hydrogen) atoms. The largest absolute Gasteiger partial charge is 0.481 e. The van der Waals surface area contributed by atoms with Gasteiger partial charge in [-0.05, 0) is 18.2 Å². The van der Waals surface area contributed by atoms with Gasteiger partial charge in [-0.1, -0.05) is 18.2 Å². The molecule has 1 N–H and O–H groups in total. The molecule has 2 nitrogen and oxygen atoms in total. The molecule has 0 amide bonds. The minimum Gasteiger partial charge on any atom is -0.481 e. The first-order valence-electron chi connectivity index (χ1n) is 4.72. The van der Waals surface area contributed by atoms with Crippen LogP contribution in [0.4, 0.5) is 4.39 Å². The number of aliphatic carboxylic acids is 1. The van der Waals surface area contributed by atoms with E-state index in [1.165, 1.54) is 17.4 Å². The molecule has 2 rings (SSSR count). The molecule has 0 unspecified atom stereocenters. The Morgan fingerprint density at radius 1 is 1.25 bits per heavy atom. The molecular weight excluding hydrogens is 227 g/mol. The standard InChI is InChI=1S/C12H9FO2S/c13-10-4-2-1-3-9(10)11-6-5-8(16-11)7-12(14)15/h1-6H,7H2,(H,14,15). The molecule has 0 aliphatic carbocycles. The van der Waals surface area contributed by atoms with Crippen LogP contribution < -0.4 is 0 Å². The van der Waals surface area contributed by atoms with Crippen molar-refractivity contribution >= 4 is 17.3 Å². The molecule has 0 fully saturated rings. The molecule has 1 aromatic heterocycles. The fraction of sp³-hybridized carbons (Fsp3) is 0.0833. The van der Waals surface area contributed by atoms with Crippen LogP contribution in [-0.2, 0) is 11.2 Å². The number of halogens is 1. The number of carboxylic acid groups (broad SMARTS) is 1. The summed E-state index contributed by atoms with van der Waals surface area (Å²) >= 11 is 1.31. The van der Waals surface area contributed by atoms with Crippen LogP contribution in [0.5, 0.6) is 0 Å². The number of carbonyl (C=O) groups is 1. The maximum atomic E-state index is 13.4. The minimum atomic E-state index is -0.873. The lowest BCUT2D eigenvalue weighted by atomic mass is 10.2. The van der Waals surface area contributed by atoms with Crippen molar-refractivity contribution in [3.05, 3.63) is 47.1 Å². The van der Waals surface area contributed by atoms with Gasteiger partial charge in [-0.25, -0.2) is 4.39 Å². The zero-order valence-corrected chi connectivity index (χ0v) is 9.13. The van der Waals surface area contributed by atoms with E-state index in [0.717, 1.165) is 9.75 Å². The van der Waals surface area contributed by atoms with Crippen molar-refractivity contribution in [1.82, 2.24) is 0 Å². The topological polar surface area (TPSA) is 37.3 Å². The maximum Gasteiger partial charge on any atom is 0.308 e. The highest BCUT2D eigenvalue weighted by Gasteiger charge is 2.08. The average molecular weight is 236 g/mol. The van der Waals surface area contributed by atoms with E-state index in [1.54, 1.807) is 30.3 Å². The van der Waals surface area contributed by atoms with Crippen molar-refractivity contribution in [1.29, 1.82) is 0 Å². The normalized spacial score (nSPS) is 10.3. The molecule has 1 heterocycles. The van der Waals surface area contributed by atoms with Crippen molar-refractivity contribution in [3.63, 3.8) is 0 Å². The van der Waals surface area contributed by atoms with Gasteiger partial charge < -0.3 is 5.11 Å². The second-order valence-corrected chi connectivity index (χ2v) is 4.48. The first-order chi connectivity index (χ1) is 7.66. The van der Waals surface area contributed by atoms with Gasteiger partial charge in [0.2, 0.25) is 0 Å². The summed E-state index contributed by atoms with van der Waals surface area (Å²) in [6.45, 7) is 0. The van der Waals surface area contributed by atoms with Gasteiger partial charge in [0.25, 0.3) is 0 Å². The van der Waals surface area contributed by atoms with E-state index in [2.05, 4.69) is 0 Å². The van der Waals surface area contributed by atoms with Crippen molar-refractivity contribution in [2.75, 3.05) is 0 Å². The van der Waals surface area contributed by atoms with E-state index >= 15 is 0 Å². The Kier molecular flexibility index (Phi) is 3.01. The van der Waals surface area contributed by atoms with E-state index in [-0.39, 0.29) is 12.2 Å². The van der Waals surface area contributed by atoms with E-state index in [9.17, 15) is 9.18 Å². The highest BCUT2D eigenvalue weighted by molar-refractivity contribution is 7.15. The number of benzene rings is 1. The van der Waals surface area contributed by atoms with Crippen LogP contribution in [0.1, 0.15) is 4.88 Å². The van der Waals surface area contributed by atoms with Gasteiger partial charge in [0.15, 0.2) is 0 Å². The Bertz CT molecular complexity index is 519. The van der Waals surface area contributed by atoms with Crippen LogP contribution in [0.2, 0.25) is 0 Å². The molecule has 0 saturated heterocycles. The lowest BCUT2D eigenvalue weighted by Gasteiger charge is -1.98. The van der Waals surface area contributed by atoms with Crippen LogP contribution in [0.15, 0.2) is 36.4 Å². The van der Waals surface area contributed by atoms with Gasteiger partial charge in [0.1, 0.15) is 5.82 Å². The Hall–Kier alpha value is -1.68. The predicted molar refractivity (Wildman–Crippen MR) is 61.1 cm³/mol. The fourth-order valence-corrected chi connectivity index (χ4v) is 2.45. The average Bonchev–Trinajstić information content (AvgIpc) is 2.66. The quantitative estimate of drug-likeness (QED) is 0.888. The smallest absolute Gasteiger partial charge is 0.308 e. The Balaban J connectivity index is 2.32. The summed E-state index contributed by atoms with van der Waals surface area (Å²) in [4.78, 5) is 12.0. The summed E-state index contributed by atoms with van der Waals surface area (Å²) in [6, 6.07) is 9.94. The van der Waals surface area contributed by atoms with E-state index in [1.807, 2.05) is 0 Å². The van der Waals surface area contributed by atoms with Gasteiger partial charge in [-0.2, -0.15) is 0 Å². The summed E-state index contributed by atoms with van der Waals surface area (Å²) in [5.41, 5.74) is 0.518. The van der Waals surface area contributed by atoms with Crippen molar-refractivity contribution in [3.8, 4) is 10.4 Å². The molecule has 0 radical (unpaired) electrons. The summed E-state index contributed by atoms with van der Waals surface area (Å²) < 4.78 is 13.4. The Morgan fingerprint density at radius 2 is 2.00 bits per heavy atom. The van der Waals surface area contributed by atoms with Gasteiger partial charge in [-0.3, -0.25) is 4.79 Å². The van der Waals surface area contributed by atoms with Crippen LogP contribution in [0.3, 0.4) is 0 Å². The number of hydrogen-bond donors (Lipinski definition) is 1. The van der Waals surface area contributed by atoms with Crippen molar-refractivity contribution in [2.24, 2.45) is 0 Å². The lowest BCUT2D eigenvalue weighted by molar-refractivity contribution is -0.136. The van der Waals surface area contributed by atoms with Crippen LogP contribution in [-0.4, -0.2) is 11.1 Å². The molecule has 1 aromatic carbocycles. The second-order valence-electron chi connectivity index (χ2n) is 3.32. The number of carboxylic acids is 1. The molecule has 2 aromatic rings. The molecule has 0 saturated carbocycles. The third-order valence-corrected chi connectivity index (χ3v) is 3.24. The van der Waals surface area contributed by atoms with E-state index in [0.29, 0.717) is 5.56 Å². The second kappa shape index (κ2) is 4.45. The predicted octanol–water partition coefficient (Wildman–Crippen LogP) is 3.18. The molecule has 0 aliphatic rings. The molecule has 0 atom stereocenters. The number of thiophene rings is 1. The van der Waals surface area contributed by atoms with E-state index < -0.39 is 5.97 Å². The molecule has 0 aliphatic heterocycles. The highest BCUT2D eigenvalue weighted by Crippen LogP contribution is 2.30. The fourth-order valence-electron chi connectivity index (χ4n) is 1.43. The number of hydrogen-bond acceptors (Lipinski definition) is 2. The highest BCUT2D eigenvalue weighted by atomic mass is 32.1. The zero-order chi connectivity index (χ0) is 11.5.